The molecule has 11 heteroatoms. The Morgan fingerprint density at radius 2 is 1.83 bits per heavy atom. The Morgan fingerprint density at radius 1 is 1.25 bits per heavy atom. The van der Waals surface area contributed by atoms with Crippen molar-refractivity contribution in [2.75, 3.05) is 0 Å². The van der Waals surface area contributed by atoms with Crippen molar-refractivity contribution in [3.8, 4) is 0 Å². The molecule has 0 bridgehead atoms. The van der Waals surface area contributed by atoms with Crippen molar-refractivity contribution in [1.29, 1.82) is 0 Å². The van der Waals surface area contributed by atoms with Crippen molar-refractivity contribution < 1.29 is 39.7 Å². The molecule has 5 nitrogen and oxygen atoms in total. The third kappa shape index (κ3) is 3.28. The zero-order valence-corrected chi connectivity index (χ0v) is 12.9. The minimum absolute atomic E-state index is 0.202. The summed E-state index contributed by atoms with van der Waals surface area (Å²) in [6.07, 6.45) is -9.17. The molecule has 0 radical (unpaired) electrons. The van der Waals surface area contributed by atoms with Crippen LogP contribution in [0.25, 0.3) is 6.08 Å². The molecule has 0 saturated carbocycles. The lowest BCUT2D eigenvalue weighted by Crippen LogP contribution is -2.54. The van der Waals surface area contributed by atoms with Gasteiger partial charge >= 0.3 is 11.4 Å². The molecule has 2 rings (SSSR count). The first-order valence-electron chi connectivity index (χ1n) is 6.58. The molecule has 24 heavy (non-hydrogen) atoms. The molecule has 0 fully saturated rings. The summed E-state index contributed by atoms with van der Waals surface area (Å²) in [5.41, 5.74) is -2.15. The first-order chi connectivity index (χ1) is 10.8. The monoisotopic (exact) mass is 372 g/mol. The Labute approximate surface area is 133 Å². The van der Waals surface area contributed by atoms with E-state index in [4.69, 9.17) is 0 Å². The molecule has 1 aliphatic heterocycles. The van der Waals surface area contributed by atoms with E-state index in [-0.39, 0.29) is 11.8 Å². The van der Waals surface area contributed by atoms with E-state index in [0.717, 1.165) is 6.08 Å². The predicted molar refractivity (Wildman–Crippen MR) is 70.3 cm³/mol. The SMILES string of the molecule is CCC1(OC(C(F)(F)F)C(F)(F)S(=O)(=O)[O-])C=c2ccccc2=N1. The van der Waals surface area contributed by atoms with Gasteiger partial charge < -0.3 is 9.29 Å². The van der Waals surface area contributed by atoms with E-state index in [1.165, 1.54) is 25.1 Å². The highest BCUT2D eigenvalue weighted by atomic mass is 32.2. The van der Waals surface area contributed by atoms with E-state index in [1.54, 1.807) is 6.07 Å². The summed E-state index contributed by atoms with van der Waals surface area (Å²) < 4.78 is 102. The summed E-state index contributed by atoms with van der Waals surface area (Å²) in [7, 11) is -6.61. The highest BCUT2D eigenvalue weighted by Crippen LogP contribution is 2.41. The lowest BCUT2D eigenvalue weighted by Gasteiger charge is -2.35. The third-order valence-electron chi connectivity index (χ3n) is 3.39. The number of ether oxygens (including phenoxy) is 1. The number of hydrogen-bond donors (Lipinski definition) is 0. The predicted octanol–water partition coefficient (Wildman–Crippen LogP) is 1.29. The van der Waals surface area contributed by atoms with E-state index in [1.807, 2.05) is 0 Å². The van der Waals surface area contributed by atoms with Crippen LogP contribution < -0.4 is 10.6 Å². The molecular weight excluding hydrogens is 361 g/mol. The van der Waals surface area contributed by atoms with Crippen LogP contribution in [0, 0.1) is 0 Å². The van der Waals surface area contributed by atoms with E-state index >= 15 is 0 Å². The second kappa shape index (κ2) is 5.74. The first-order valence-corrected chi connectivity index (χ1v) is 7.99. The van der Waals surface area contributed by atoms with Crippen LogP contribution >= 0.6 is 0 Å². The van der Waals surface area contributed by atoms with Gasteiger partial charge in [-0.2, -0.15) is 22.0 Å². The molecule has 2 unspecified atom stereocenters. The standard InChI is InChI=1S/C13H12F5NO4S/c1-2-11(7-8-5-3-4-6-9(8)19-11)23-10(12(14,15)16)13(17,18)24(20,21)22/h3-7,10H,2H2,1H3,(H,20,21,22)/p-1. The van der Waals surface area contributed by atoms with Gasteiger partial charge in [-0.25, -0.2) is 13.4 Å². The molecule has 2 atom stereocenters. The van der Waals surface area contributed by atoms with Crippen molar-refractivity contribution in [3.05, 3.63) is 34.8 Å². The molecular formula is C13H11F5NO4S-. The largest absolute Gasteiger partial charge is 0.743 e. The Hall–Kier alpha value is -1.59. The molecule has 0 amide bonds. The fourth-order valence-electron chi connectivity index (χ4n) is 2.18. The maximum absolute atomic E-state index is 13.6. The third-order valence-corrected chi connectivity index (χ3v) is 4.27. The Balaban J connectivity index is 2.53. The zero-order chi connectivity index (χ0) is 18.4. The summed E-state index contributed by atoms with van der Waals surface area (Å²) >= 11 is 0. The van der Waals surface area contributed by atoms with Crippen molar-refractivity contribution >= 4 is 16.2 Å². The summed E-state index contributed by atoms with van der Waals surface area (Å²) in [6, 6.07) is 5.98. The van der Waals surface area contributed by atoms with Crippen LogP contribution in [0.3, 0.4) is 0 Å². The molecule has 0 spiro atoms. The lowest BCUT2D eigenvalue weighted by molar-refractivity contribution is -0.284. The van der Waals surface area contributed by atoms with E-state index in [2.05, 4.69) is 9.73 Å². The second-order valence-corrected chi connectivity index (χ2v) is 6.52. The minimum atomic E-state index is -6.61. The average Bonchev–Trinajstić information content (AvgIpc) is 2.81. The minimum Gasteiger partial charge on any atom is -0.743 e. The molecule has 0 saturated heterocycles. The summed E-state index contributed by atoms with van der Waals surface area (Å²) in [5, 5.41) is -5.16. The van der Waals surface area contributed by atoms with Gasteiger partial charge in [0.25, 0.3) is 0 Å². The number of alkyl halides is 5. The molecule has 1 aromatic carbocycles. The van der Waals surface area contributed by atoms with Crippen molar-refractivity contribution in [3.63, 3.8) is 0 Å². The van der Waals surface area contributed by atoms with Crippen LogP contribution in [0.4, 0.5) is 22.0 Å². The Bertz CT molecular complexity index is 815. The van der Waals surface area contributed by atoms with Gasteiger partial charge in [0.05, 0.1) is 5.36 Å². The molecule has 1 aromatic rings. The number of fused-ring (bicyclic) bond motifs is 1. The normalized spacial score (nSPS) is 22.5. The van der Waals surface area contributed by atoms with Crippen molar-refractivity contribution in [2.24, 2.45) is 4.99 Å². The van der Waals surface area contributed by atoms with Crippen LogP contribution in [-0.4, -0.2) is 36.2 Å². The quantitative estimate of drug-likeness (QED) is 0.576. The lowest BCUT2D eigenvalue weighted by atomic mass is 10.1. The zero-order valence-electron chi connectivity index (χ0n) is 12.0. The molecule has 0 aromatic heterocycles. The highest BCUT2D eigenvalue weighted by molar-refractivity contribution is 7.86. The van der Waals surface area contributed by atoms with E-state index in [9.17, 15) is 34.9 Å². The van der Waals surface area contributed by atoms with Gasteiger partial charge in [0.15, 0.2) is 15.8 Å². The Kier molecular flexibility index (Phi) is 4.48. The summed E-state index contributed by atoms with van der Waals surface area (Å²) in [6.45, 7) is 1.32. The Morgan fingerprint density at radius 3 is 2.29 bits per heavy atom. The molecule has 0 aliphatic carbocycles. The van der Waals surface area contributed by atoms with Crippen molar-refractivity contribution in [1.82, 2.24) is 0 Å². The summed E-state index contributed by atoms with van der Waals surface area (Å²) in [5.74, 6) is 0. The van der Waals surface area contributed by atoms with Crippen LogP contribution in [0.2, 0.25) is 0 Å². The van der Waals surface area contributed by atoms with Gasteiger partial charge in [-0.05, 0) is 18.6 Å². The van der Waals surface area contributed by atoms with Crippen molar-refractivity contribution in [2.45, 2.75) is 36.6 Å². The topological polar surface area (TPSA) is 78.8 Å². The van der Waals surface area contributed by atoms with Crippen LogP contribution in [0.1, 0.15) is 13.3 Å². The molecule has 134 valence electrons. The second-order valence-electron chi connectivity index (χ2n) is 5.07. The number of rotatable bonds is 5. The fraction of sp³-hybridized carbons (Fsp3) is 0.462. The number of hydrogen-bond acceptors (Lipinski definition) is 5. The van der Waals surface area contributed by atoms with Gasteiger partial charge in [0, 0.05) is 5.22 Å². The maximum atomic E-state index is 13.6. The van der Waals surface area contributed by atoms with E-state index in [0.29, 0.717) is 5.22 Å². The van der Waals surface area contributed by atoms with Gasteiger partial charge in [0.1, 0.15) is 0 Å². The molecule has 0 N–H and O–H groups in total. The van der Waals surface area contributed by atoms with Crippen LogP contribution in [0.5, 0.6) is 0 Å². The average molecular weight is 372 g/mol. The van der Waals surface area contributed by atoms with Gasteiger partial charge in [-0.3, -0.25) is 0 Å². The summed E-state index contributed by atoms with van der Waals surface area (Å²) in [4.78, 5) is 3.84. The number of halogens is 5. The van der Waals surface area contributed by atoms with E-state index < -0.39 is 33.4 Å². The molecule has 1 heterocycles. The smallest absolute Gasteiger partial charge is 0.421 e. The number of nitrogens with zero attached hydrogens (tertiary/aromatic N) is 1. The van der Waals surface area contributed by atoms with Gasteiger partial charge in [-0.15, -0.1) is 0 Å². The molecule has 1 aliphatic rings. The van der Waals surface area contributed by atoms with Crippen LogP contribution in [-0.2, 0) is 14.9 Å². The highest BCUT2D eigenvalue weighted by Gasteiger charge is 2.63. The first kappa shape index (κ1) is 18.7. The fourth-order valence-corrected chi connectivity index (χ4v) is 2.62. The maximum Gasteiger partial charge on any atom is 0.421 e. The van der Waals surface area contributed by atoms with Crippen LogP contribution in [0.15, 0.2) is 29.3 Å². The van der Waals surface area contributed by atoms with Gasteiger partial charge in [0.2, 0.25) is 6.10 Å². The number of para-hydroxylation sites is 1. The van der Waals surface area contributed by atoms with Gasteiger partial charge in [-0.1, -0.05) is 25.1 Å². The number of benzene rings is 1.